The summed E-state index contributed by atoms with van der Waals surface area (Å²) in [6.07, 6.45) is 1.90. The fraction of sp³-hybridized carbons (Fsp3) is 1.00. The van der Waals surface area contributed by atoms with Gasteiger partial charge < -0.3 is 5.73 Å². The molecule has 0 amide bonds. The SMILES string of the molecule is CN(CCCCN)N=O. The lowest BCUT2D eigenvalue weighted by Gasteiger charge is -2.05. The van der Waals surface area contributed by atoms with Gasteiger partial charge in [-0.25, -0.2) is 0 Å². The Morgan fingerprint density at radius 3 is 2.67 bits per heavy atom. The Kier molecular flexibility index (Phi) is 5.11. The maximum atomic E-state index is 9.74. The van der Waals surface area contributed by atoms with Gasteiger partial charge in [0.1, 0.15) is 0 Å². The minimum Gasteiger partial charge on any atom is -0.330 e. The van der Waals surface area contributed by atoms with Gasteiger partial charge in [-0.1, -0.05) is 0 Å². The van der Waals surface area contributed by atoms with Gasteiger partial charge in [-0.2, -0.15) is 0 Å². The van der Waals surface area contributed by atoms with Crippen molar-refractivity contribution in [3.05, 3.63) is 4.91 Å². The molecule has 0 unspecified atom stereocenters. The second-order valence-corrected chi connectivity index (χ2v) is 1.96. The predicted molar refractivity (Wildman–Crippen MR) is 36.7 cm³/mol. The van der Waals surface area contributed by atoms with Crippen molar-refractivity contribution >= 4 is 0 Å². The lowest BCUT2D eigenvalue weighted by molar-refractivity contribution is 0.340. The summed E-state index contributed by atoms with van der Waals surface area (Å²) in [4.78, 5) is 9.74. The summed E-state index contributed by atoms with van der Waals surface area (Å²) in [7, 11) is 1.66. The summed E-state index contributed by atoms with van der Waals surface area (Å²) in [5.74, 6) is 0. The summed E-state index contributed by atoms with van der Waals surface area (Å²) < 4.78 is 0. The summed E-state index contributed by atoms with van der Waals surface area (Å²) in [6.45, 7) is 1.40. The molecule has 0 atom stereocenters. The minimum atomic E-state index is 0.687. The van der Waals surface area contributed by atoms with Gasteiger partial charge in [-0.3, -0.25) is 5.01 Å². The number of unbranched alkanes of at least 4 members (excludes halogenated alkanes) is 1. The monoisotopic (exact) mass is 131 g/mol. The van der Waals surface area contributed by atoms with Crippen molar-refractivity contribution in [2.75, 3.05) is 20.1 Å². The zero-order valence-corrected chi connectivity index (χ0v) is 5.71. The van der Waals surface area contributed by atoms with Crippen LogP contribution >= 0.6 is 0 Å². The van der Waals surface area contributed by atoms with Crippen molar-refractivity contribution in [3.8, 4) is 0 Å². The zero-order chi connectivity index (χ0) is 7.11. The maximum absolute atomic E-state index is 9.74. The van der Waals surface area contributed by atoms with Gasteiger partial charge in [-0.05, 0) is 19.4 Å². The third-order valence-electron chi connectivity index (χ3n) is 1.08. The van der Waals surface area contributed by atoms with Crippen LogP contribution in [-0.2, 0) is 0 Å². The van der Waals surface area contributed by atoms with E-state index in [1.807, 2.05) is 0 Å². The van der Waals surface area contributed by atoms with E-state index in [1.165, 1.54) is 5.01 Å². The molecular formula is C5H13N3O. The topological polar surface area (TPSA) is 58.7 Å². The number of nitrogens with zero attached hydrogens (tertiary/aromatic N) is 2. The van der Waals surface area contributed by atoms with Crippen LogP contribution < -0.4 is 5.73 Å². The first-order chi connectivity index (χ1) is 4.31. The van der Waals surface area contributed by atoms with Crippen molar-refractivity contribution in [1.82, 2.24) is 5.01 Å². The Morgan fingerprint density at radius 2 is 2.22 bits per heavy atom. The smallest absolute Gasteiger partial charge is 0.0521 e. The second kappa shape index (κ2) is 5.50. The average molecular weight is 131 g/mol. The van der Waals surface area contributed by atoms with Gasteiger partial charge in [0, 0.05) is 13.6 Å². The molecule has 0 bridgehead atoms. The van der Waals surface area contributed by atoms with Crippen LogP contribution in [0.5, 0.6) is 0 Å². The molecule has 0 radical (unpaired) electrons. The van der Waals surface area contributed by atoms with Crippen LogP contribution in [0.4, 0.5) is 0 Å². The third kappa shape index (κ3) is 5.23. The normalized spacial score (nSPS) is 9.11. The van der Waals surface area contributed by atoms with E-state index in [-0.39, 0.29) is 0 Å². The van der Waals surface area contributed by atoms with Crippen molar-refractivity contribution in [2.24, 2.45) is 11.0 Å². The molecule has 0 aliphatic rings. The van der Waals surface area contributed by atoms with Crippen molar-refractivity contribution in [3.63, 3.8) is 0 Å². The fourth-order valence-electron chi connectivity index (χ4n) is 0.526. The summed E-state index contributed by atoms with van der Waals surface area (Å²) in [5.41, 5.74) is 5.23. The molecule has 0 spiro atoms. The molecule has 2 N–H and O–H groups in total. The molecule has 0 aromatic rings. The van der Waals surface area contributed by atoms with Crippen molar-refractivity contribution in [2.45, 2.75) is 12.8 Å². The largest absolute Gasteiger partial charge is 0.330 e. The number of nitroso groups, excluding NO2 is 1. The molecule has 0 fully saturated rings. The van der Waals surface area contributed by atoms with Gasteiger partial charge in [0.15, 0.2) is 0 Å². The molecule has 0 heterocycles. The van der Waals surface area contributed by atoms with Gasteiger partial charge in [-0.15, -0.1) is 4.91 Å². The highest BCUT2D eigenvalue weighted by atomic mass is 16.3. The van der Waals surface area contributed by atoms with Crippen LogP contribution in [-0.4, -0.2) is 25.1 Å². The number of hydrogen-bond acceptors (Lipinski definition) is 3. The van der Waals surface area contributed by atoms with Gasteiger partial charge >= 0.3 is 0 Å². The summed E-state index contributed by atoms with van der Waals surface area (Å²) >= 11 is 0. The number of nitrogens with two attached hydrogens (primary N) is 1. The maximum Gasteiger partial charge on any atom is 0.0521 e. The highest BCUT2D eigenvalue weighted by Crippen LogP contribution is 1.89. The van der Waals surface area contributed by atoms with Crippen LogP contribution in [0.15, 0.2) is 5.29 Å². The predicted octanol–water partition coefficient (Wildman–Crippen LogP) is 0.339. The Bertz CT molecular complexity index is 76.6. The molecule has 0 saturated carbocycles. The minimum absolute atomic E-state index is 0.687. The van der Waals surface area contributed by atoms with Crippen LogP contribution in [0, 0.1) is 4.91 Å². The standard InChI is InChI=1S/C5H13N3O/c1-8(7-9)5-3-2-4-6/h2-6H2,1H3. The first-order valence-electron chi connectivity index (χ1n) is 3.05. The highest BCUT2D eigenvalue weighted by Gasteiger charge is 1.91. The van der Waals surface area contributed by atoms with Crippen LogP contribution in [0.1, 0.15) is 12.8 Å². The Morgan fingerprint density at radius 1 is 1.56 bits per heavy atom. The van der Waals surface area contributed by atoms with Crippen molar-refractivity contribution in [1.29, 1.82) is 0 Å². The molecule has 54 valence electrons. The third-order valence-corrected chi connectivity index (χ3v) is 1.08. The Hall–Kier alpha value is -0.640. The van der Waals surface area contributed by atoms with E-state index in [0.29, 0.717) is 13.1 Å². The van der Waals surface area contributed by atoms with E-state index in [4.69, 9.17) is 5.73 Å². The zero-order valence-electron chi connectivity index (χ0n) is 5.71. The fourth-order valence-corrected chi connectivity index (χ4v) is 0.526. The molecular weight excluding hydrogens is 118 g/mol. The molecule has 9 heavy (non-hydrogen) atoms. The van der Waals surface area contributed by atoms with Gasteiger partial charge in [0.25, 0.3) is 0 Å². The van der Waals surface area contributed by atoms with E-state index >= 15 is 0 Å². The van der Waals surface area contributed by atoms with E-state index < -0.39 is 0 Å². The van der Waals surface area contributed by atoms with E-state index in [9.17, 15) is 4.91 Å². The quantitative estimate of drug-likeness (QED) is 0.332. The summed E-state index contributed by atoms with van der Waals surface area (Å²) in [6, 6.07) is 0. The van der Waals surface area contributed by atoms with E-state index in [1.54, 1.807) is 7.05 Å². The van der Waals surface area contributed by atoms with Gasteiger partial charge in [0.2, 0.25) is 0 Å². The average Bonchev–Trinajstić information content (AvgIpc) is 1.89. The second-order valence-electron chi connectivity index (χ2n) is 1.96. The molecule has 0 aromatic heterocycles. The molecule has 4 heteroatoms. The summed E-state index contributed by atoms with van der Waals surface area (Å²) in [5, 5.41) is 4.07. The number of hydrogen-bond donors (Lipinski definition) is 1. The molecule has 4 nitrogen and oxygen atoms in total. The van der Waals surface area contributed by atoms with E-state index in [2.05, 4.69) is 5.29 Å². The molecule has 0 rings (SSSR count). The molecule has 0 aromatic carbocycles. The Labute approximate surface area is 55.0 Å². The molecule has 0 aliphatic heterocycles. The lowest BCUT2D eigenvalue weighted by Crippen LogP contribution is -2.12. The van der Waals surface area contributed by atoms with Crippen LogP contribution in [0.25, 0.3) is 0 Å². The highest BCUT2D eigenvalue weighted by molar-refractivity contribution is 4.45. The lowest BCUT2D eigenvalue weighted by atomic mass is 10.3. The molecule has 0 aliphatic carbocycles. The molecule has 0 saturated heterocycles. The first-order valence-corrected chi connectivity index (χ1v) is 3.05. The van der Waals surface area contributed by atoms with Crippen molar-refractivity contribution < 1.29 is 0 Å². The van der Waals surface area contributed by atoms with Gasteiger partial charge in [0.05, 0.1) is 5.29 Å². The van der Waals surface area contributed by atoms with Crippen LogP contribution in [0.2, 0.25) is 0 Å². The first kappa shape index (κ1) is 8.36. The van der Waals surface area contributed by atoms with E-state index in [0.717, 1.165) is 12.8 Å². The Balaban J connectivity index is 2.96. The number of rotatable bonds is 5. The van der Waals surface area contributed by atoms with Crippen LogP contribution in [0.3, 0.4) is 0 Å².